The second-order valence-corrected chi connectivity index (χ2v) is 5.84. The molecule has 0 bridgehead atoms. The minimum absolute atomic E-state index is 0.0313. The lowest BCUT2D eigenvalue weighted by Crippen LogP contribution is -2.24. The lowest BCUT2D eigenvalue weighted by molar-refractivity contribution is 0.569. The SMILES string of the molecule is CCNC(c1cc(Cl)sc1Cl)c1cnnn1C. The highest BCUT2D eigenvalue weighted by atomic mass is 35.5. The van der Waals surface area contributed by atoms with Crippen molar-refractivity contribution in [1.82, 2.24) is 20.3 Å². The highest BCUT2D eigenvalue weighted by Crippen LogP contribution is 2.37. The molecule has 1 atom stereocenters. The van der Waals surface area contributed by atoms with Crippen molar-refractivity contribution in [1.29, 1.82) is 0 Å². The van der Waals surface area contributed by atoms with Crippen molar-refractivity contribution in [2.75, 3.05) is 6.54 Å². The molecule has 4 nitrogen and oxygen atoms in total. The second-order valence-electron chi connectivity index (χ2n) is 3.55. The Bertz CT molecular complexity index is 508. The van der Waals surface area contributed by atoms with Gasteiger partial charge in [-0.2, -0.15) is 0 Å². The Labute approximate surface area is 114 Å². The Morgan fingerprint density at radius 3 is 2.76 bits per heavy atom. The van der Waals surface area contributed by atoms with E-state index in [-0.39, 0.29) is 6.04 Å². The lowest BCUT2D eigenvalue weighted by atomic mass is 10.1. The van der Waals surface area contributed by atoms with Gasteiger partial charge in [-0.1, -0.05) is 35.3 Å². The Balaban J connectivity index is 2.42. The molecule has 0 radical (unpaired) electrons. The van der Waals surface area contributed by atoms with E-state index in [1.54, 1.807) is 10.9 Å². The van der Waals surface area contributed by atoms with Gasteiger partial charge in [0.2, 0.25) is 0 Å². The van der Waals surface area contributed by atoms with E-state index >= 15 is 0 Å². The number of nitrogens with zero attached hydrogens (tertiary/aromatic N) is 3. The van der Waals surface area contributed by atoms with Crippen LogP contribution in [0.25, 0.3) is 0 Å². The first-order valence-electron chi connectivity index (χ1n) is 5.16. The molecule has 0 amide bonds. The first kappa shape index (κ1) is 12.8. The minimum Gasteiger partial charge on any atom is -0.305 e. The zero-order valence-corrected chi connectivity index (χ0v) is 11.8. The Kier molecular flexibility index (Phi) is 4.04. The van der Waals surface area contributed by atoms with Crippen molar-refractivity contribution in [3.63, 3.8) is 0 Å². The summed E-state index contributed by atoms with van der Waals surface area (Å²) in [4.78, 5) is 0. The molecule has 2 rings (SSSR count). The van der Waals surface area contributed by atoms with Crippen LogP contribution in [0.1, 0.15) is 24.2 Å². The van der Waals surface area contributed by atoms with Crippen molar-refractivity contribution in [3.05, 3.63) is 32.2 Å². The van der Waals surface area contributed by atoms with E-state index in [9.17, 15) is 0 Å². The number of hydrogen-bond donors (Lipinski definition) is 1. The number of thiophene rings is 1. The molecule has 0 aromatic carbocycles. The molecule has 1 unspecified atom stereocenters. The van der Waals surface area contributed by atoms with E-state index in [2.05, 4.69) is 15.6 Å². The van der Waals surface area contributed by atoms with Gasteiger partial charge in [0.1, 0.15) is 0 Å². The van der Waals surface area contributed by atoms with Gasteiger partial charge in [0, 0.05) is 12.6 Å². The molecule has 92 valence electrons. The number of rotatable bonds is 4. The topological polar surface area (TPSA) is 42.7 Å². The second kappa shape index (κ2) is 5.35. The van der Waals surface area contributed by atoms with Gasteiger partial charge in [0.25, 0.3) is 0 Å². The van der Waals surface area contributed by atoms with E-state index < -0.39 is 0 Å². The molecule has 0 spiro atoms. The van der Waals surface area contributed by atoms with Crippen molar-refractivity contribution >= 4 is 34.5 Å². The molecule has 2 aromatic heterocycles. The standard InChI is InChI=1S/C10H12Cl2N4S/c1-3-13-9(7-5-14-15-16(7)2)6-4-8(11)17-10(6)12/h4-5,9,13H,3H2,1-2H3. The molecule has 0 fully saturated rings. The average molecular weight is 291 g/mol. The monoisotopic (exact) mass is 290 g/mol. The van der Waals surface area contributed by atoms with Crippen LogP contribution in [0.3, 0.4) is 0 Å². The summed E-state index contributed by atoms with van der Waals surface area (Å²) in [7, 11) is 1.86. The van der Waals surface area contributed by atoms with Gasteiger partial charge in [-0.25, -0.2) is 0 Å². The van der Waals surface area contributed by atoms with Crippen molar-refractivity contribution in [2.24, 2.45) is 7.05 Å². The van der Waals surface area contributed by atoms with Crippen LogP contribution in [-0.4, -0.2) is 21.5 Å². The van der Waals surface area contributed by atoms with E-state index in [0.717, 1.165) is 17.8 Å². The number of aryl methyl sites for hydroxylation is 1. The summed E-state index contributed by atoms with van der Waals surface area (Å²) in [5.41, 5.74) is 1.93. The summed E-state index contributed by atoms with van der Waals surface area (Å²) < 4.78 is 3.11. The number of halogens is 2. The van der Waals surface area contributed by atoms with Crippen LogP contribution in [0.2, 0.25) is 8.67 Å². The molecule has 0 aliphatic carbocycles. The fourth-order valence-electron chi connectivity index (χ4n) is 1.69. The fraction of sp³-hybridized carbons (Fsp3) is 0.400. The maximum Gasteiger partial charge on any atom is 0.0996 e. The predicted molar refractivity (Wildman–Crippen MR) is 70.9 cm³/mol. The summed E-state index contributed by atoms with van der Waals surface area (Å²) in [6.07, 6.45) is 1.73. The van der Waals surface area contributed by atoms with E-state index in [1.807, 2.05) is 20.0 Å². The summed E-state index contributed by atoms with van der Waals surface area (Å²) in [5.74, 6) is 0. The first-order valence-corrected chi connectivity index (χ1v) is 6.73. The number of nitrogens with one attached hydrogen (secondary N) is 1. The average Bonchev–Trinajstić information content (AvgIpc) is 2.82. The third-order valence-corrected chi connectivity index (χ3v) is 3.97. The minimum atomic E-state index is -0.0313. The maximum absolute atomic E-state index is 6.19. The third-order valence-electron chi connectivity index (χ3n) is 2.45. The fourth-order valence-corrected chi connectivity index (χ4v) is 3.22. The summed E-state index contributed by atoms with van der Waals surface area (Å²) >= 11 is 13.5. The summed E-state index contributed by atoms with van der Waals surface area (Å²) in [5, 5.41) is 11.2. The van der Waals surface area contributed by atoms with Gasteiger partial charge in [-0.3, -0.25) is 4.68 Å². The van der Waals surface area contributed by atoms with Crippen molar-refractivity contribution in [3.8, 4) is 0 Å². The van der Waals surface area contributed by atoms with Gasteiger partial charge in [0.05, 0.1) is 26.6 Å². The van der Waals surface area contributed by atoms with Gasteiger partial charge >= 0.3 is 0 Å². The van der Waals surface area contributed by atoms with Gasteiger partial charge in [-0.15, -0.1) is 16.4 Å². The van der Waals surface area contributed by atoms with Crippen LogP contribution in [0.15, 0.2) is 12.3 Å². The molecular weight excluding hydrogens is 279 g/mol. The molecule has 2 heterocycles. The largest absolute Gasteiger partial charge is 0.305 e. The van der Waals surface area contributed by atoms with Crippen molar-refractivity contribution in [2.45, 2.75) is 13.0 Å². The van der Waals surface area contributed by atoms with Crippen LogP contribution < -0.4 is 5.32 Å². The molecule has 7 heteroatoms. The molecule has 0 saturated carbocycles. The van der Waals surface area contributed by atoms with E-state index in [1.165, 1.54) is 11.3 Å². The van der Waals surface area contributed by atoms with Crippen LogP contribution in [0, 0.1) is 0 Å². The van der Waals surface area contributed by atoms with Crippen LogP contribution in [0.5, 0.6) is 0 Å². The highest BCUT2D eigenvalue weighted by molar-refractivity contribution is 7.20. The smallest absolute Gasteiger partial charge is 0.0996 e. The van der Waals surface area contributed by atoms with Gasteiger partial charge in [-0.05, 0) is 12.6 Å². The number of hydrogen-bond acceptors (Lipinski definition) is 4. The molecular formula is C10H12Cl2N4S. The quantitative estimate of drug-likeness (QED) is 0.942. The van der Waals surface area contributed by atoms with Gasteiger partial charge < -0.3 is 5.32 Å². The molecule has 0 saturated heterocycles. The molecule has 17 heavy (non-hydrogen) atoms. The molecule has 2 aromatic rings. The van der Waals surface area contributed by atoms with Crippen molar-refractivity contribution < 1.29 is 0 Å². The molecule has 0 aliphatic heterocycles. The lowest BCUT2D eigenvalue weighted by Gasteiger charge is -2.16. The molecule has 0 aliphatic rings. The Morgan fingerprint density at radius 2 is 2.29 bits per heavy atom. The molecule has 1 N–H and O–H groups in total. The van der Waals surface area contributed by atoms with Gasteiger partial charge in [0.15, 0.2) is 0 Å². The Morgan fingerprint density at radius 1 is 1.53 bits per heavy atom. The van der Waals surface area contributed by atoms with E-state index in [4.69, 9.17) is 23.2 Å². The van der Waals surface area contributed by atoms with Crippen LogP contribution >= 0.6 is 34.5 Å². The first-order chi connectivity index (χ1) is 8.13. The van der Waals surface area contributed by atoms with Crippen LogP contribution in [0.4, 0.5) is 0 Å². The van der Waals surface area contributed by atoms with E-state index in [0.29, 0.717) is 8.67 Å². The maximum atomic E-state index is 6.19. The Hall–Kier alpha value is -0.620. The zero-order valence-electron chi connectivity index (χ0n) is 9.44. The summed E-state index contributed by atoms with van der Waals surface area (Å²) in [6.45, 7) is 2.86. The zero-order chi connectivity index (χ0) is 12.4. The van der Waals surface area contributed by atoms with Crippen LogP contribution in [-0.2, 0) is 7.05 Å². The summed E-state index contributed by atoms with van der Waals surface area (Å²) in [6, 6.07) is 1.85. The number of aromatic nitrogens is 3. The highest BCUT2D eigenvalue weighted by Gasteiger charge is 2.21. The normalized spacial score (nSPS) is 12.9. The third kappa shape index (κ3) is 2.63. The predicted octanol–water partition coefficient (Wildman–Crippen LogP) is 2.88.